The summed E-state index contributed by atoms with van der Waals surface area (Å²) in [6.45, 7) is 11.5. The molecule has 1 saturated heterocycles. The van der Waals surface area contributed by atoms with Crippen LogP contribution in [0.2, 0.25) is 0 Å². The van der Waals surface area contributed by atoms with Gasteiger partial charge < -0.3 is 5.32 Å². The topological polar surface area (TPSA) is 35.6 Å². The van der Waals surface area contributed by atoms with Crippen LogP contribution < -0.4 is 5.32 Å². The maximum Gasteiger partial charge on any atom is 0.237 e. The SMILES string of the molecule is C#CCNC(=O)C(C)N1CCN(Cc2ccc(C(C)C)cc2)CC1. The van der Waals surface area contributed by atoms with Gasteiger partial charge in [-0.25, -0.2) is 0 Å². The first-order chi connectivity index (χ1) is 11.5. The lowest BCUT2D eigenvalue weighted by Gasteiger charge is -2.37. The van der Waals surface area contributed by atoms with Gasteiger partial charge in [0.05, 0.1) is 12.6 Å². The van der Waals surface area contributed by atoms with Crippen LogP contribution in [0, 0.1) is 12.3 Å². The van der Waals surface area contributed by atoms with Gasteiger partial charge in [-0.3, -0.25) is 14.6 Å². The summed E-state index contributed by atoms with van der Waals surface area (Å²) >= 11 is 0. The van der Waals surface area contributed by atoms with Gasteiger partial charge in [0, 0.05) is 32.7 Å². The molecule has 0 saturated carbocycles. The summed E-state index contributed by atoms with van der Waals surface area (Å²) in [5, 5.41) is 2.76. The zero-order valence-corrected chi connectivity index (χ0v) is 15.1. The van der Waals surface area contributed by atoms with Crippen molar-refractivity contribution in [3.05, 3.63) is 35.4 Å². The summed E-state index contributed by atoms with van der Waals surface area (Å²) in [4.78, 5) is 16.7. The van der Waals surface area contributed by atoms with E-state index in [9.17, 15) is 4.79 Å². The second-order valence-corrected chi connectivity index (χ2v) is 6.81. The molecule has 1 heterocycles. The fourth-order valence-corrected chi connectivity index (χ4v) is 3.03. The Kier molecular flexibility index (Phi) is 6.84. The Balaban J connectivity index is 1.80. The van der Waals surface area contributed by atoms with Crippen LogP contribution in [-0.2, 0) is 11.3 Å². The highest BCUT2D eigenvalue weighted by Gasteiger charge is 2.25. The second kappa shape index (κ2) is 8.86. The molecule has 1 amide bonds. The molecule has 1 N–H and O–H groups in total. The van der Waals surface area contributed by atoms with Crippen molar-refractivity contribution < 1.29 is 4.79 Å². The van der Waals surface area contributed by atoms with E-state index in [1.807, 2.05) is 6.92 Å². The molecule has 0 bridgehead atoms. The third-order valence-electron chi connectivity index (χ3n) is 4.75. The predicted octanol–water partition coefficient (Wildman–Crippen LogP) is 2.07. The highest BCUT2D eigenvalue weighted by atomic mass is 16.2. The average Bonchev–Trinajstić information content (AvgIpc) is 2.60. The van der Waals surface area contributed by atoms with Crippen molar-refractivity contribution in [2.75, 3.05) is 32.7 Å². The molecule has 4 heteroatoms. The lowest BCUT2D eigenvalue weighted by Crippen LogP contribution is -2.53. The molecule has 1 aliphatic heterocycles. The molecular formula is C20H29N3O. The summed E-state index contributed by atoms with van der Waals surface area (Å²) < 4.78 is 0. The van der Waals surface area contributed by atoms with Crippen LogP contribution in [0.1, 0.15) is 37.8 Å². The van der Waals surface area contributed by atoms with Crippen LogP contribution in [0.5, 0.6) is 0 Å². The first-order valence-electron chi connectivity index (χ1n) is 8.77. The summed E-state index contributed by atoms with van der Waals surface area (Å²) in [7, 11) is 0. The molecule has 1 unspecified atom stereocenters. The van der Waals surface area contributed by atoms with Gasteiger partial charge in [-0.2, -0.15) is 0 Å². The van der Waals surface area contributed by atoms with Crippen molar-refractivity contribution in [3.63, 3.8) is 0 Å². The van der Waals surface area contributed by atoms with Crippen molar-refractivity contribution in [1.82, 2.24) is 15.1 Å². The number of rotatable bonds is 6. The third-order valence-corrected chi connectivity index (χ3v) is 4.75. The number of nitrogens with one attached hydrogen (secondary N) is 1. The normalized spacial score (nSPS) is 17.5. The number of hydrogen-bond donors (Lipinski definition) is 1. The second-order valence-electron chi connectivity index (χ2n) is 6.81. The first kappa shape index (κ1) is 18.5. The Morgan fingerprint density at radius 3 is 2.33 bits per heavy atom. The summed E-state index contributed by atoms with van der Waals surface area (Å²) in [5.74, 6) is 3.04. The van der Waals surface area contributed by atoms with Gasteiger partial charge in [0.15, 0.2) is 0 Å². The van der Waals surface area contributed by atoms with E-state index in [1.165, 1.54) is 11.1 Å². The number of carbonyl (C=O) groups is 1. The molecule has 1 atom stereocenters. The van der Waals surface area contributed by atoms with Gasteiger partial charge in [0.1, 0.15) is 0 Å². The lowest BCUT2D eigenvalue weighted by molar-refractivity contribution is -0.126. The van der Waals surface area contributed by atoms with E-state index >= 15 is 0 Å². The Morgan fingerprint density at radius 2 is 1.79 bits per heavy atom. The molecule has 4 nitrogen and oxygen atoms in total. The minimum atomic E-state index is -0.120. The van der Waals surface area contributed by atoms with Gasteiger partial charge in [-0.1, -0.05) is 44.0 Å². The van der Waals surface area contributed by atoms with Gasteiger partial charge in [-0.15, -0.1) is 6.42 Å². The van der Waals surface area contributed by atoms with E-state index in [0.29, 0.717) is 12.5 Å². The van der Waals surface area contributed by atoms with Crippen LogP contribution >= 0.6 is 0 Å². The van der Waals surface area contributed by atoms with Gasteiger partial charge in [-0.05, 0) is 24.0 Å². The maximum absolute atomic E-state index is 12.0. The molecule has 130 valence electrons. The van der Waals surface area contributed by atoms with Gasteiger partial charge in [0.25, 0.3) is 0 Å². The number of benzene rings is 1. The monoisotopic (exact) mass is 327 g/mol. The Morgan fingerprint density at radius 1 is 1.17 bits per heavy atom. The molecule has 0 aromatic heterocycles. The van der Waals surface area contributed by atoms with Crippen LogP contribution in [0.3, 0.4) is 0 Å². The third kappa shape index (κ3) is 5.09. The van der Waals surface area contributed by atoms with Crippen LogP contribution in [-0.4, -0.2) is 54.5 Å². The van der Waals surface area contributed by atoms with Crippen molar-refractivity contribution in [2.45, 2.75) is 39.3 Å². The van der Waals surface area contributed by atoms with Gasteiger partial charge >= 0.3 is 0 Å². The molecular weight excluding hydrogens is 298 g/mol. The zero-order chi connectivity index (χ0) is 17.5. The summed E-state index contributed by atoms with van der Waals surface area (Å²) in [6, 6.07) is 8.81. The van der Waals surface area contributed by atoms with Crippen molar-refractivity contribution >= 4 is 5.91 Å². The Bertz CT molecular complexity index is 566. The molecule has 1 aromatic carbocycles. The van der Waals surface area contributed by atoms with Crippen LogP contribution in [0.25, 0.3) is 0 Å². The number of amides is 1. The van der Waals surface area contributed by atoms with Crippen molar-refractivity contribution in [3.8, 4) is 12.3 Å². The van der Waals surface area contributed by atoms with E-state index in [4.69, 9.17) is 6.42 Å². The van der Waals surface area contributed by atoms with E-state index < -0.39 is 0 Å². The average molecular weight is 327 g/mol. The lowest BCUT2D eigenvalue weighted by atomic mass is 10.0. The number of nitrogens with zero attached hydrogens (tertiary/aromatic N) is 2. The van der Waals surface area contributed by atoms with E-state index in [2.05, 4.69) is 59.1 Å². The molecule has 24 heavy (non-hydrogen) atoms. The standard InChI is InChI=1S/C20H29N3O/c1-5-10-21-20(24)17(4)23-13-11-22(12-14-23)15-18-6-8-19(9-7-18)16(2)3/h1,6-9,16-17H,10-15H2,2-4H3,(H,21,24). The van der Waals surface area contributed by atoms with E-state index in [-0.39, 0.29) is 11.9 Å². The minimum Gasteiger partial charge on any atom is -0.344 e. The molecule has 1 aromatic rings. The Hall–Kier alpha value is -1.83. The zero-order valence-electron chi connectivity index (χ0n) is 15.1. The molecule has 0 spiro atoms. The van der Waals surface area contributed by atoms with E-state index in [0.717, 1.165) is 32.7 Å². The van der Waals surface area contributed by atoms with Crippen molar-refractivity contribution in [2.24, 2.45) is 0 Å². The maximum atomic E-state index is 12.0. The predicted molar refractivity (Wildman–Crippen MR) is 98.7 cm³/mol. The summed E-state index contributed by atoms with van der Waals surface area (Å²) in [5.41, 5.74) is 2.74. The van der Waals surface area contributed by atoms with E-state index in [1.54, 1.807) is 0 Å². The highest BCUT2D eigenvalue weighted by molar-refractivity contribution is 5.81. The molecule has 2 rings (SSSR count). The fraction of sp³-hybridized carbons (Fsp3) is 0.550. The minimum absolute atomic E-state index is 0.0191. The highest BCUT2D eigenvalue weighted by Crippen LogP contribution is 2.16. The number of hydrogen-bond acceptors (Lipinski definition) is 3. The first-order valence-corrected chi connectivity index (χ1v) is 8.77. The molecule has 0 radical (unpaired) electrons. The fourth-order valence-electron chi connectivity index (χ4n) is 3.03. The summed E-state index contributed by atoms with van der Waals surface area (Å²) in [6.07, 6.45) is 5.19. The quantitative estimate of drug-likeness (QED) is 0.813. The molecule has 1 aliphatic rings. The number of piperazine rings is 1. The largest absolute Gasteiger partial charge is 0.344 e. The van der Waals surface area contributed by atoms with Crippen LogP contribution in [0.15, 0.2) is 24.3 Å². The Labute approximate surface area is 146 Å². The smallest absolute Gasteiger partial charge is 0.237 e. The van der Waals surface area contributed by atoms with Crippen LogP contribution in [0.4, 0.5) is 0 Å². The number of carbonyl (C=O) groups excluding carboxylic acids is 1. The molecule has 0 aliphatic carbocycles. The molecule has 1 fully saturated rings. The van der Waals surface area contributed by atoms with Gasteiger partial charge in [0.2, 0.25) is 5.91 Å². The van der Waals surface area contributed by atoms with Crippen molar-refractivity contribution in [1.29, 1.82) is 0 Å². The number of terminal acetylenes is 1.